The lowest BCUT2D eigenvalue weighted by Crippen LogP contribution is -2.16. The lowest BCUT2D eigenvalue weighted by molar-refractivity contribution is 0.102. The van der Waals surface area contributed by atoms with Gasteiger partial charge in [-0.3, -0.25) is 9.48 Å². The van der Waals surface area contributed by atoms with Crippen molar-refractivity contribution in [2.75, 3.05) is 16.8 Å². The van der Waals surface area contributed by atoms with Gasteiger partial charge in [-0.1, -0.05) is 0 Å². The summed E-state index contributed by atoms with van der Waals surface area (Å²) in [5.74, 6) is 0.191. The van der Waals surface area contributed by atoms with E-state index in [9.17, 15) is 13.2 Å². The van der Waals surface area contributed by atoms with E-state index in [4.69, 9.17) is 4.42 Å². The van der Waals surface area contributed by atoms with Crippen LogP contribution in [0.4, 0.5) is 5.69 Å². The number of hydrogen-bond acceptors (Lipinski definition) is 8. The molecule has 0 aliphatic carbocycles. The molecule has 12 heteroatoms. The first kappa shape index (κ1) is 19.2. The third-order valence-electron chi connectivity index (χ3n) is 5.03. The number of aromatic nitrogens is 6. The molecule has 4 aromatic rings. The van der Waals surface area contributed by atoms with Crippen LogP contribution in [0.1, 0.15) is 23.0 Å². The second-order valence-corrected chi connectivity index (χ2v) is 9.38. The van der Waals surface area contributed by atoms with Gasteiger partial charge in [-0.25, -0.2) is 13.1 Å². The minimum Gasteiger partial charge on any atom is -0.463 e. The summed E-state index contributed by atoms with van der Waals surface area (Å²) in [6.45, 7) is 0. The predicted octanol–water partition coefficient (Wildman–Crippen LogP) is 1.73. The average Bonchev–Trinajstić information content (AvgIpc) is 3.53. The van der Waals surface area contributed by atoms with Gasteiger partial charge in [0, 0.05) is 11.8 Å². The predicted molar refractivity (Wildman–Crippen MR) is 109 cm³/mol. The zero-order chi connectivity index (χ0) is 21.4. The number of sulfone groups is 1. The van der Waals surface area contributed by atoms with Gasteiger partial charge in [-0.2, -0.15) is 5.10 Å². The standard InChI is InChI=1S/C19H17N7O4S/c27-19(21-13-3-5-14(6-4-13)25-12-20-23-24-25)16-10-17(18-2-1-8-30-18)26(22-16)15-7-9-31(28,29)11-15/h1-6,8,10,12,15H,7,9,11H2,(H,21,27). The van der Waals surface area contributed by atoms with Crippen molar-refractivity contribution < 1.29 is 17.6 Å². The smallest absolute Gasteiger partial charge is 0.276 e. The monoisotopic (exact) mass is 439 g/mol. The number of tetrazole rings is 1. The summed E-state index contributed by atoms with van der Waals surface area (Å²) in [5, 5.41) is 18.2. The second-order valence-electron chi connectivity index (χ2n) is 7.15. The van der Waals surface area contributed by atoms with Gasteiger partial charge in [0.1, 0.15) is 12.0 Å². The highest BCUT2D eigenvalue weighted by Crippen LogP contribution is 2.30. The lowest BCUT2D eigenvalue weighted by Gasteiger charge is -2.11. The Morgan fingerprint density at radius 3 is 2.68 bits per heavy atom. The minimum atomic E-state index is -3.12. The molecule has 1 saturated heterocycles. The SMILES string of the molecule is O=C(Nc1ccc(-n2cnnn2)cc1)c1cc(-c2ccco2)n(C2CCS(=O)(=O)C2)n1. The fourth-order valence-corrected chi connectivity index (χ4v) is 5.22. The summed E-state index contributed by atoms with van der Waals surface area (Å²) in [4.78, 5) is 12.8. The van der Waals surface area contributed by atoms with Crippen molar-refractivity contribution in [2.45, 2.75) is 12.5 Å². The quantitative estimate of drug-likeness (QED) is 0.496. The number of rotatable bonds is 5. The van der Waals surface area contributed by atoms with Gasteiger partial charge in [0.05, 0.1) is 29.5 Å². The third-order valence-corrected chi connectivity index (χ3v) is 6.79. The Morgan fingerprint density at radius 1 is 1.19 bits per heavy atom. The topological polar surface area (TPSA) is 138 Å². The number of hydrogen-bond donors (Lipinski definition) is 1. The van der Waals surface area contributed by atoms with E-state index in [0.717, 1.165) is 5.69 Å². The van der Waals surface area contributed by atoms with E-state index >= 15 is 0 Å². The fraction of sp³-hybridized carbons (Fsp3) is 0.211. The first-order chi connectivity index (χ1) is 15.0. The van der Waals surface area contributed by atoms with E-state index < -0.39 is 15.7 Å². The highest BCUT2D eigenvalue weighted by atomic mass is 32.2. The van der Waals surface area contributed by atoms with Crippen molar-refractivity contribution >= 4 is 21.4 Å². The van der Waals surface area contributed by atoms with Crippen LogP contribution in [0, 0.1) is 0 Å². The molecule has 1 amide bonds. The highest BCUT2D eigenvalue weighted by Gasteiger charge is 2.32. The summed E-state index contributed by atoms with van der Waals surface area (Å²) < 4.78 is 32.4. The van der Waals surface area contributed by atoms with Crippen molar-refractivity contribution in [2.24, 2.45) is 0 Å². The van der Waals surface area contributed by atoms with E-state index in [1.54, 1.807) is 47.1 Å². The van der Waals surface area contributed by atoms with Gasteiger partial charge >= 0.3 is 0 Å². The number of nitrogens with one attached hydrogen (secondary N) is 1. The molecule has 11 nitrogen and oxygen atoms in total. The molecule has 5 rings (SSSR count). The molecule has 0 radical (unpaired) electrons. The van der Waals surface area contributed by atoms with E-state index in [1.165, 1.54) is 17.3 Å². The summed E-state index contributed by atoms with van der Waals surface area (Å²) in [6, 6.07) is 11.7. The summed E-state index contributed by atoms with van der Waals surface area (Å²) in [6.07, 6.45) is 3.43. The number of nitrogens with zero attached hydrogens (tertiary/aromatic N) is 6. The fourth-order valence-electron chi connectivity index (χ4n) is 3.53. The Bertz CT molecular complexity index is 1310. The highest BCUT2D eigenvalue weighted by molar-refractivity contribution is 7.91. The van der Waals surface area contributed by atoms with Crippen molar-refractivity contribution in [3.63, 3.8) is 0 Å². The van der Waals surface area contributed by atoms with Gasteiger partial charge in [0.25, 0.3) is 5.91 Å². The average molecular weight is 439 g/mol. The molecule has 1 atom stereocenters. The Balaban J connectivity index is 1.41. The Hall–Kier alpha value is -3.80. The van der Waals surface area contributed by atoms with E-state index in [1.807, 2.05) is 0 Å². The first-order valence-electron chi connectivity index (χ1n) is 9.47. The largest absolute Gasteiger partial charge is 0.463 e. The number of carbonyl (C=O) groups is 1. The first-order valence-corrected chi connectivity index (χ1v) is 11.3. The number of carbonyl (C=O) groups excluding carboxylic acids is 1. The number of anilines is 1. The Labute approximate surface area is 176 Å². The number of furan rings is 1. The Morgan fingerprint density at radius 2 is 2.03 bits per heavy atom. The molecule has 0 spiro atoms. The van der Waals surface area contributed by atoms with Crippen LogP contribution in [-0.4, -0.2) is 55.8 Å². The molecule has 31 heavy (non-hydrogen) atoms. The number of amides is 1. The van der Waals surface area contributed by atoms with Crippen molar-refractivity contribution in [3.05, 3.63) is 60.7 Å². The normalized spacial score (nSPS) is 17.6. The van der Waals surface area contributed by atoms with Gasteiger partial charge in [0.2, 0.25) is 0 Å². The van der Waals surface area contributed by atoms with Gasteiger partial charge in [-0.15, -0.1) is 5.10 Å². The summed E-state index contributed by atoms with van der Waals surface area (Å²) in [5.41, 5.74) is 2.04. The maximum atomic E-state index is 12.8. The number of benzene rings is 1. The van der Waals surface area contributed by atoms with Gasteiger partial charge in [-0.05, 0) is 53.2 Å². The molecule has 1 N–H and O–H groups in total. The van der Waals surface area contributed by atoms with Crippen LogP contribution in [-0.2, 0) is 9.84 Å². The maximum Gasteiger partial charge on any atom is 0.276 e. The molecule has 0 bridgehead atoms. The second kappa shape index (κ2) is 7.47. The van der Waals surface area contributed by atoms with Crippen LogP contribution in [0.15, 0.2) is 59.5 Å². The van der Waals surface area contributed by atoms with Crippen molar-refractivity contribution in [1.82, 2.24) is 30.0 Å². The molecule has 1 aliphatic heterocycles. The molecular formula is C19H17N7O4S. The molecule has 1 aliphatic rings. The molecular weight excluding hydrogens is 422 g/mol. The van der Waals surface area contributed by atoms with Gasteiger partial charge in [0.15, 0.2) is 21.3 Å². The van der Waals surface area contributed by atoms with E-state index in [0.29, 0.717) is 23.6 Å². The van der Waals surface area contributed by atoms with Gasteiger partial charge < -0.3 is 9.73 Å². The molecule has 3 aromatic heterocycles. The summed E-state index contributed by atoms with van der Waals surface area (Å²) in [7, 11) is -3.12. The van der Waals surface area contributed by atoms with E-state index in [2.05, 4.69) is 25.9 Å². The van der Waals surface area contributed by atoms with Crippen molar-refractivity contribution in [1.29, 1.82) is 0 Å². The van der Waals surface area contributed by atoms with Crippen LogP contribution >= 0.6 is 0 Å². The zero-order valence-electron chi connectivity index (χ0n) is 16.1. The Kier molecular flexibility index (Phi) is 4.62. The molecule has 158 valence electrons. The summed E-state index contributed by atoms with van der Waals surface area (Å²) >= 11 is 0. The maximum absolute atomic E-state index is 12.8. The molecule has 1 fully saturated rings. The van der Waals surface area contributed by atoms with Crippen LogP contribution < -0.4 is 5.32 Å². The van der Waals surface area contributed by atoms with Crippen LogP contribution in [0.5, 0.6) is 0 Å². The molecule has 4 heterocycles. The molecule has 1 aromatic carbocycles. The van der Waals surface area contributed by atoms with Crippen molar-refractivity contribution in [3.8, 4) is 17.1 Å². The van der Waals surface area contributed by atoms with Crippen LogP contribution in [0.25, 0.3) is 17.1 Å². The van der Waals surface area contributed by atoms with Crippen LogP contribution in [0.2, 0.25) is 0 Å². The lowest BCUT2D eigenvalue weighted by atomic mass is 10.2. The third kappa shape index (κ3) is 3.84. The zero-order valence-corrected chi connectivity index (χ0v) is 16.9. The molecule has 0 saturated carbocycles. The minimum absolute atomic E-state index is 0.0119. The van der Waals surface area contributed by atoms with Crippen LogP contribution in [0.3, 0.4) is 0 Å². The molecule has 1 unspecified atom stereocenters. The van der Waals surface area contributed by atoms with E-state index in [-0.39, 0.29) is 23.2 Å².